The number of hydrogen-bond donors (Lipinski definition) is 1. The normalized spacial score (nSPS) is 23.9. The molecule has 1 fully saturated rings. The predicted octanol–water partition coefficient (Wildman–Crippen LogP) is -1.29. The second-order valence-corrected chi connectivity index (χ2v) is 5.53. The molecule has 3 N–H and O–H groups in total. The van der Waals surface area contributed by atoms with Crippen molar-refractivity contribution < 1.29 is 22.9 Å². The molecule has 3 nitrogen and oxygen atoms in total. The number of nitrogens with zero attached hydrogens (tertiary/aromatic N) is 1. The number of quaternary nitrogens is 1. The highest BCUT2D eigenvalue weighted by Gasteiger charge is 2.63. The van der Waals surface area contributed by atoms with E-state index in [9.17, 15) is 4.79 Å². The van der Waals surface area contributed by atoms with Gasteiger partial charge in [-0.2, -0.15) is 0 Å². The first-order valence-electron chi connectivity index (χ1n) is 6.95. The zero-order valence-electron chi connectivity index (χ0n) is 12.0. The van der Waals surface area contributed by atoms with Gasteiger partial charge in [-0.05, 0) is 31.9 Å². The van der Waals surface area contributed by atoms with Crippen LogP contribution in [0.4, 0.5) is 0 Å². The van der Waals surface area contributed by atoms with Crippen LogP contribution in [-0.2, 0) is 10.2 Å². The van der Waals surface area contributed by atoms with Crippen molar-refractivity contribution in [2.75, 3.05) is 19.6 Å². The molecule has 0 bridgehead atoms. The number of carbonyl (C=O) groups excluding carboxylic acids is 1. The van der Waals surface area contributed by atoms with Gasteiger partial charge in [-0.25, -0.2) is 0 Å². The van der Waals surface area contributed by atoms with Crippen molar-refractivity contribution in [2.45, 2.75) is 25.7 Å². The van der Waals surface area contributed by atoms with Gasteiger partial charge < -0.3 is 23.0 Å². The van der Waals surface area contributed by atoms with Crippen molar-refractivity contribution in [3.63, 3.8) is 0 Å². The molecule has 0 unspecified atom stereocenters. The molecule has 1 aromatic carbocycles. The quantitative estimate of drug-likeness (QED) is 0.722. The van der Waals surface area contributed by atoms with Crippen LogP contribution in [0.25, 0.3) is 0 Å². The summed E-state index contributed by atoms with van der Waals surface area (Å²) in [4.78, 5) is 14.8. The van der Waals surface area contributed by atoms with Gasteiger partial charge in [0.2, 0.25) is 5.91 Å². The van der Waals surface area contributed by atoms with Crippen LogP contribution >= 0.6 is 11.6 Å². The highest BCUT2D eigenvalue weighted by molar-refractivity contribution is 6.31. The number of amides is 1. The Morgan fingerprint density at radius 2 is 2.00 bits per heavy atom. The van der Waals surface area contributed by atoms with Crippen LogP contribution < -0.4 is 18.1 Å². The molecule has 0 aromatic heterocycles. The van der Waals surface area contributed by atoms with Gasteiger partial charge in [-0.15, -0.1) is 0 Å². The smallest absolute Gasteiger partial charge is 0.233 e. The third-order valence-electron chi connectivity index (χ3n) is 4.24. The van der Waals surface area contributed by atoms with Gasteiger partial charge in [0.05, 0.1) is 12.0 Å². The first-order chi connectivity index (χ1) is 9.11. The van der Waals surface area contributed by atoms with E-state index in [1.165, 1.54) is 0 Å². The van der Waals surface area contributed by atoms with E-state index in [4.69, 9.17) is 11.6 Å². The summed E-state index contributed by atoms with van der Waals surface area (Å²) in [5.74, 6) is 0.528. The van der Waals surface area contributed by atoms with E-state index < -0.39 is 5.41 Å². The van der Waals surface area contributed by atoms with E-state index in [0.29, 0.717) is 10.9 Å². The highest BCUT2D eigenvalue weighted by Crippen LogP contribution is 2.56. The third-order valence-corrected chi connectivity index (χ3v) is 4.57. The molecular formula is C15H22Cl2N2O. The van der Waals surface area contributed by atoms with Gasteiger partial charge in [0, 0.05) is 24.0 Å². The largest absolute Gasteiger partial charge is 1.00 e. The Labute approximate surface area is 131 Å². The molecule has 0 spiro atoms. The minimum absolute atomic E-state index is 0. The lowest BCUT2D eigenvalue weighted by molar-refractivity contribution is -0.373. The summed E-state index contributed by atoms with van der Waals surface area (Å²) in [7, 11) is 0. The van der Waals surface area contributed by atoms with Gasteiger partial charge in [0.15, 0.2) is 0 Å². The topological polar surface area (TPSA) is 48.0 Å². The first-order valence-corrected chi connectivity index (χ1v) is 7.33. The van der Waals surface area contributed by atoms with Crippen molar-refractivity contribution in [1.82, 2.24) is 4.90 Å². The Bertz CT molecular complexity index is 477. The van der Waals surface area contributed by atoms with Crippen molar-refractivity contribution in [2.24, 2.45) is 5.92 Å². The molecule has 1 amide bonds. The maximum atomic E-state index is 12.9. The van der Waals surface area contributed by atoms with Crippen LogP contribution in [0.3, 0.4) is 0 Å². The Morgan fingerprint density at radius 3 is 2.45 bits per heavy atom. The fourth-order valence-corrected chi connectivity index (χ4v) is 3.31. The molecule has 2 rings (SSSR count). The summed E-state index contributed by atoms with van der Waals surface area (Å²) in [5.41, 5.74) is 4.53. The third kappa shape index (κ3) is 2.67. The Hall–Kier alpha value is -0.770. The van der Waals surface area contributed by atoms with Crippen molar-refractivity contribution in [3.05, 3.63) is 34.9 Å². The molecular weight excluding hydrogens is 295 g/mol. The minimum Gasteiger partial charge on any atom is -1.00 e. The lowest BCUT2D eigenvalue weighted by atomic mass is 9.91. The molecule has 112 valence electrons. The van der Waals surface area contributed by atoms with E-state index in [2.05, 4.69) is 5.73 Å². The summed E-state index contributed by atoms with van der Waals surface area (Å²) in [6, 6.07) is 7.71. The molecule has 20 heavy (non-hydrogen) atoms. The van der Waals surface area contributed by atoms with Crippen LogP contribution in [0.15, 0.2) is 24.3 Å². The molecule has 0 heterocycles. The predicted molar refractivity (Wildman–Crippen MR) is 76.9 cm³/mol. The number of rotatable bonds is 5. The average molecular weight is 317 g/mol. The Balaban J connectivity index is 0.00000200. The van der Waals surface area contributed by atoms with Gasteiger partial charge in [-0.3, -0.25) is 4.79 Å². The fourth-order valence-electron chi connectivity index (χ4n) is 3.00. The number of hydrogen-bond acceptors (Lipinski definition) is 1. The summed E-state index contributed by atoms with van der Waals surface area (Å²) in [6.45, 7) is 6.29. The standard InChI is InChI=1S/C15H21ClN2O.ClH/c1-3-18(4-2)14(19)15(9-11(15)10-17)12-7-5-6-8-13(12)16;/h5-8,11H,3-4,9-10,17H2,1-2H3;1H/t11-,15-;/m1./s1. The minimum atomic E-state index is -0.424. The average Bonchev–Trinajstić information content (AvgIpc) is 3.16. The molecule has 2 atom stereocenters. The zero-order chi connectivity index (χ0) is 14.0. The lowest BCUT2D eigenvalue weighted by Crippen LogP contribution is -3.00. The Morgan fingerprint density at radius 1 is 1.40 bits per heavy atom. The monoisotopic (exact) mass is 316 g/mol. The molecule has 5 heteroatoms. The summed E-state index contributed by atoms with van der Waals surface area (Å²) in [5, 5.41) is 0.693. The van der Waals surface area contributed by atoms with Crippen LogP contribution in [0.5, 0.6) is 0 Å². The van der Waals surface area contributed by atoms with Crippen molar-refractivity contribution in [1.29, 1.82) is 0 Å². The van der Waals surface area contributed by atoms with Crippen molar-refractivity contribution >= 4 is 17.5 Å². The van der Waals surface area contributed by atoms with Crippen LogP contribution in [-0.4, -0.2) is 30.4 Å². The molecule has 1 aromatic rings. The van der Waals surface area contributed by atoms with Crippen LogP contribution in [0.2, 0.25) is 5.02 Å². The SMILES string of the molecule is CCN(CC)C(=O)[C@]1(c2ccccc2Cl)C[C@@H]1C[NH3+].[Cl-]. The first kappa shape index (κ1) is 17.3. The van der Waals surface area contributed by atoms with E-state index in [0.717, 1.165) is 31.6 Å². The summed E-state index contributed by atoms with van der Waals surface area (Å²) < 4.78 is 0. The molecule has 1 aliphatic carbocycles. The number of likely N-dealkylation sites (N-methyl/N-ethyl adjacent to an activating group) is 1. The van der Waals surface area contributed by atoms with E-state index in [1.54, 1.807) is 0 Å². The maximum absolute atomic E-state index is 12.9. The molecule has 0 radical (unpaired) electrons. The second-order valence-electron chi connectivity index (χ2n) is 5.12. The van der Waals surface area contributed by atoms with E-state index in [1.807, 2.05) is 43.0 Å². The number of benzene rings is 1. The highest BCUT2D eigenvalue weighted by atomic mass is 35.5. The van der Waals surface area contributed by atoms with Gasteiger partial charge in [0.25, 0.3) is 0 Å². The van der Waals surface area contributed by atoms with Crippen molar-refractivity contribution in [3.8, 4) is 0 Å². The van der Waals surface area contributed by atoms with Crippen LogP contribution in [0.1, 0.15) is 25.8 Å². The number of carbonyl (C=O) groups is 1. The van der Waals surface area contributed by atoms with Gasteiger partial charge in [0.1, 0.15) is 0 Å². The molecule has 1 saturated carbocycles. The lowest BCUT2D eigenvalue weighted by Gasteiger charge is -2.26. The molecule has 1 aliphatic rings. The van der Waals surface area contributed by atoms with Gasteiger partial charge in [-0.1, -0.05) is 29.8 Å². The molecule has 0 aliphatic heterocycles. The fraction of sp³-hybridized carbons (Fsp3) is 0.533. The molecule has 0 saturated heterocycles. The Kier molecular flexibility index (Phi) is 5.87. The maximum Gasteiger partial charge on any atom is 0.233 e. The van der Waals surface area contributed by atoms with E-state index >= 15 is 0 Å². The second kappa shape index (κ2) is 6.79. The summed E-state index contributed by atoms with van der Waals surface area (Å²) in [6.07, 6.45) is 0.871. The number of halogens is 2. The zero-order valence-corrected chi connectivity index (χ0v) is 13.5. The van der Waals surface area contributed by atoms with Crippen LogP contribution in [0, 0.1) is 5.92 Å². The van der Waals surface area contributed by atoms with Gasteiger partial charge >= 0.3 is 0 Å². The summed E-state index contributed by atoms with van der Waals surface area (Å²) >= 11 is 6.32. The van der Waals surface area contributed by atoms with E-state index in [-0.39, 0.29) is 18.3 Å².